The Morgan fingerprint density at radius 1 is 1.16 bits per heavy atom. The fourth-order valence-corrected chi connectivity index (χ4v) is 5.53. The highest BCUT2D eigenvalue weighted by atomic mass is 14.7. The lowest BCUT2D eigenvalue weighted by atomic mass is 9.47. The molecular weight excluding hydrogens is 232 g/mol. The van der Waals surface area contributed by atoms with Crippen LogP contribution in [0.1, 0.15) is 55.3 Å². The Morgan fingerprint density at radius 3 is 2.26 bits per heavy atom. The molecule has 4 aliphatic rings. The second kappa shape index (κ2) is 3.82. The van der Waals surface area contributed by atoms with Crippen molar-refractivity contribution in [1.82, 2.24) is 4.98 Å². The van der Waals surface area contributed by atoms with Gasteiger partial charge in [0.25, 0.3) is 0 Å². The van der Waals surface area contributed by atoms with E-state index in [0.29, 0.717) is 5.41 Å². The number of nitriles is 1. The minimum atomic E-state index is 0.313. The van der Waals surface area contributed by atoms with Crippen LogP contribution in [0.3, 0.4) is 0 Å². The van der Waals surface area contributed by atoms with Gasteiger partial charge < -0.3 is 0 Å². The number of aromatic nitrogens is 1. The molecule has 0 unspecified atom stereocenters. The zero-order chi connectivity index (χ0) is 13.0. The largest absolute Gasteiger partial charge is 0.260 e. The highest BCUT2D eigenvalue weighted by molar-refractivity contribution is 5.43. The highest BCUT2D eigenvalue weighted by Gasteiger charge is 2.52. The summed E-state index contributed by atoms with van der Waals surface area (Å²) < 4.78 is 0. The van der Waals surface area contributed by atoms with E-state index in [4.69, 9.17) is 0 Å². The maximum absolute atomic E-state index is 9.42. The van der Waals surface area contributed by atoms with Gasteiger partial charge in [-0.3, -0.25) is 4.98 Å². The number of hydrogen-bond donors (Lipinski definition) is 0. The van der Waals surface area contributed by atoms with Crippen LogP contribution in [-0.2, 0) is 5.41 Å². The summed E-state index contributed by atoms with van der Waals surface area (Å²) in [5.74, 6) is 2.77. The number of rotatable bonds is 1. The van der Waals surface area contributed by atoms with Crippen molar-refractivity contribution in [1.29, 1.82) is 5.26 Å². The Kier molecular flexibility index (Phi) is 2.31. The van der Waals surface area contributed by atoms with Crippen LogP contribution in [0.5, 0.6) is 0 Å². The molecule has 0 atom stereocenters. The standard InChI is InChI=1S/C17H20N2/c1-11-2-16(15(9-18)10-19-11)17-6-12-3-13(7-17)5-14(4-12)8-17/h2,10,12-14H,3-8H2,1H3. The first kappa shape index (κ1) is 11.5. The fourth-order valence-electron chi connectivity index (χ4n) is 5.53. The Labute approximate surface area is 114 Å². The molecule has 0 radical (unpaired) electrons. The van der Waals surface area contributed by atoms with Gasteiger partial charge in [-0.05, 0) is 80.2 Å². The van der Waals surface area contributed by atoms with E-state index in [-0.39, 0.29) is 0 Å². The molecular formula is C17H20N2. The Hall–Kier alpha value is -1.36. The SMILES string of the molecule is Cc1cc(C23CC4CC(CC(C4)C2)C3)c(C#N)cn1. The first-order valence-electron chi connectivity index (χ1n) is 7.56. The molecule has 4 aliphatic carbocycles. The molecule has 0 N–H and O–H groups in total. The van der Waals surface area contributed by atoms with Gasteiger partial charge in [0.15, 0.2) is 0 Å². The van der Waals surface area contributed by atoms with Crippen LogP contribution >= 0.6 is 0 Å². The van der Waals surface area contributed by atoms with Crippen LogP contribution in [-0.4, -0.2) is 4.98 Å². The summed E-state index contributed by atoms with van der Waals surface area (Å²) in [7, 11) is 0. The zero-order valence-corrected chi connectivity index (χ0v) is 11.5. The summed E-state index contributed by atoms with van der Waals surface area (Å²) in [5.41, 5.74) is 3.52. The minimum absolute atomic E-state index is 0.313. The molecule has 0 spiro atoms. The maximum Gasteiger partial charge on any atom is 0.101 e. The summed E-state index contributed by atoms with van der Waals surface area (Å²) >= 11 is 0. The second-order valence-electron chi connectivity index (χ2n) is 7.18. The molecule has 98 valence electrons. The molecule has 2 heteroatoms. The number of aryl methyl sites for hydroxylation is 1. The van der Waals surface area contributed by atoms with Gasteiger partial charge in [0.1, 0.15) is 6.07 Å². The van der Waals surface area contributed by atoms with E-state index in [9.17, 15) is 5.26 Å². The second-order valence-corrected chi connectivity index (χ2v) is 7.18. The predicted molar refractivity (Wildman–Crippen MR) is 73.5 cm³/mol. The fraction of sp³-hybridized carbons (Fsp3) is 0.647. The van der Waals surface area contributed by atoms with Gasteiger partial charge in [0, 0.05) is 11.9 Å². The minimum Gasteiger partial charge on any atom is -0.260 e. The molecule has 4 saturated carbocycles. The van der Waals surface area contributed by atoms with Crippen LogP contribution in [0.25, 0.3) is 0 Å². The van der Waals surface area contributed by atoms with Crippen molar-refractivity contribution < 1.29 is 0 Å². The van der Waals surface area contributed by atoms with Crippen molar-refractivity contribution in [3.05, 3.63) is 29.1 Å². The maximum atomic E-state index is 9.42. The van der Waals surface area contributed by atoms with Crippen LogP contribution in [0, 0.1) is 36.0 Å². The van der Waals surface area contributed by atoms with Gasteiger partial charge in [0.05, 0.1) is 5.56 Å². The predicted octanol–water partition coefficient (Wildman–Crippen LogP) is 3.73. The molecule has 5 rings (SSSR count). The molecule has 4 bridgehead atoms. The summed E-state index contributed by atoms with van der Waals surface area (Å²) in [6, 6.07) is 4.59. The average molecular weight is 252 g/mol. The molecule has 1 aromatic rings. The molecule has 0 aliphatic heterocycles. The van der Waals surface area contributed by atoms with E-state index < -0.39 is 0 Å². The van der Waals surface area contributed by atoms with Crippen LogP contribution in [0.4, 0.5) is 0 Å². The lowest BCUT2D eigenvalue weighted by molar-refractivity contribution is -0.00537. The quantitative estimate of drug-likeness (QED) is 0.763. The third-order valence-corrected chi connectivity index (χ3v) is 5.77. The Bertz CT molecular complexity index is 532. The van der Waals surface area contributed by atoms with Crippen molar-refractivity contribution in [2.75, 3.05) is 0 Å². The summed E-state index contributed by atoms with van der Waals surface area (Å²) in [6.45, 7) is 2.05. The van der Waals surface area contributed by atoms with Gasteiger partial charge in [-0.15, -0.1) is 0 Å². The third-order valence-electron chi connectivity index (χ3n) is 5.77. The van der Waals surface area contributed by atoms with Gasteiger partial charge in [-0.25, -0.2) is 0 Å². The molecule has 0 saturated heterocycles. The first-order chi connectivity index (χ1) is 9.18. The van der Waals surface area contributed by atoms with Gasteiger partial charge >= 0.3 is 0 Å². The summed E-state index contributed by atoms with van der Waals surface area (Å²) in [5, 5.41) is 9.42. The smallest absolute Gasteiger partial charge is 0.101 e. The number of nitrogens with zero attached hydrogens (tertiary/aromatic N) is 2. The third kappa shape index (κ3) is 1.64. The monoisotopic (exact) mass is 252 g/mol. The molecule has 0 aromatic carbocycles. The molecule has 1 heterocycles. The van der Waals surface area contributed by atoms with Crippen molar-refractivity contribution in [3.63, 3.8) is 0 Å². The van der Waals surface area contributed by atoms with E-state index in [1.807, 2.05) is 6.92 Å². The molecule has 1 aromatic heterocycles. The van der Waals surface area contributed by atoms with Gasteiger partial charge in [0.2, 0.25) is 0 Å². The molecule has 0 amide bonds. The topological polar surface area (TPSA) is 36.7 Å². The number of hydrogen-bond acceptors (Lipinski definition) is 2. The van der Waals surface area contributed by atoms with E-state index in [1.165, 1.54) is 44.1 Å². The van der Waals surface area contributed by atoms with E-state index in [0.717, 1.165) is 29.0 Å². The molecule has 2 nitrogen and oxygen atoms in total. The van der Waals surface area contributed by atoms with Crippen LogP contribution in [0.15, 0.2) is 12.3 Å². The normalized spacial score (nSPS) is 39.3. The Balaban J connectivity index is 1.84. The van der Waals surface area contributed by atoms with E-state index in [2.05, 4.69) is 17.1 Å². The van der Waals surface area contributed by atoms with Crippen molar-refractivity contribution in [2.45, 2.75) is 50.9 Å². The van der Waals surface area contributed by atoms with Crippen LogP contribution in [0.2, 0.25) is 0 Å². The lowest BCUT2D eigenvalue weighted by Crippen LogP contribution is -2.48. The van der Waals surface area contributed by atoms with Crippen molar-refractivity contribution >= 4 is 0 Å². The Morgan fingerprint density at radius 2 is 1.74 bits per heavy atom. The summed E-state index contributed by atoms with van der Waals surface area (Å²) in [6.07, 6.45) is 10.1. The molecule has 4 fully saturated rings. The van der Waals surface area contributed by atoms with E-state index in [1.54, 1.807) is 6.20 Å². The summed E-state index contributed by atoms with van der Waals surface area (Å²) in [4.78, 5) is 4.32. The van der Waals surface area contributed by atoms with Crippen molar-refractivity contribution in [2.24, 2.45) is 17.8 Å². The highest BCUT2D eigenvalue weighted by Crippen LogP contribution is 2.61. The van der Waals surface area contributed by atoms with E-state index >= 15 is 0 Å². The first-order valence-corrected chi connectivity index (χ1v) is 7.56. The van der Waals surface area contributed by atoms with Crippen molar-refractivity contribution in [3.8, 4) is 6.07 Å². The van der Waals surface area contributed by atoms with Gasteiger partial charge in [-0.2, -0.15) is 5.26 Å². The lowest BCUT2D eigenvalue weighted by Gasteiger charge is -2.57. The van der Waals surface area contributed by atoms with Crippen LogP contribution < -0.4 is 0 Å². The number of pyridine rings is 1. The molecule has 19 heavy (non-hydrogen) atoms. The average Bonchev–Trinajstić information content (AvgIpc) is 2.37. The van der Waals surface area contributed by atoms with Gasteiger partial charge in [-0.1, -0.05) is 0 Å². The zero-order valence-electron chi connectivity index (χ0n) is 11.5.